The highest BCUT2D eigenvalue weighted by molar-refractivity contribution is 5.92. The van der Waals surface area contributed by atoms with E-state index in [1.54, 1.807) is 30.3 Å². The second kappa shape index (κ2) is 13.4. The summed E-state index contributed by atoms with van der Waals surface area (Å²) in [5.74, 6) is -4.73. The van der Waals surface area contributed by atoms with Crippen molar-refractivity contribution in [2.24, 2.45) is 5.73 Å². The number of rotatable bonds is 14. The maximum Gasteiger partial charge on any atom is 0.326 e. The Morgan fingerprint density at radius 3 is 2.29 bits per heavy atom. The Labute approximate surface area is 200 Å². The van der Waals surface area contributed by atoms with Gasteiger partial charge in [0.2, 0.25) is 17.7 Å². The first-order chi connectivity index (χ1) is 16.7. The maximum absolute atomic E-state index is 12.7. The summed E-state index contributed by atoms with van der Waals surface area (Å²) in [4.78, 5) is 66.4. The molecule has 1 aromatic carbocycles. The third kappa shape index (κ3) is 9.63. The van der Waals surface area contributed by atoms with Crippen LogP contribution in [0, 0.1) is 0 Å². The summed E-state index contributed by atoms with van der Waals surface area (Å²) in [5, 5.41) is 25.5. The summed E-state index contributed by atoms with van der Waals surface area (Å²) in [6, 6.07) is 5.03. The van der Waals surface area contributed by atoms with E-state index in [1.165, 1.54) is 12.5 Å². The number of H-pyrrole nitrogens is 1. The molecule has 188 valence electrons. The van der Waals surface area contributed by atoms with Crippen molar-refractivity contribution in [3.8, 4) is 0 Å². The number of aliphatic carboxylic acids is 2. The van der Waals surface area contributed by atoms with Gasteiger partial charge in [0, 0.05) is 31.2 Å². The van der Waals surface area contributed by atoms with Gasteiger partial charge in [-0.15, -0.1) is 0 Å². The summed E-state index contributed by atoms with van der Waals surface area (Å²) in [7, 11) is 0. The van der Waals surface area contributed by atoms with E-state index in [-0.39, 0.29) is 19.3 Å². The highest BCUT2D eigenvalue weighted by Crippen LogP contribution is 2.06. The first kappa shape index (κ1) is 27.0. The predicted octanol–water partition coefficient (Wildman–Crippen LogP) is -1.44. The number of carbonyl (C=O) groups excluding carboxylic acids is 3. The van der Waals surface area contributed by atoms with Crippen LogP contribution in [0.25, 0.3) is 0 Å². The summed E-state index contributed by atoms with van der Waals surface area (Å²) in [5.41, 5.74) is 7.09. The van der Waals surface area contributed by atoms with Gasteiger partial charge in [0.1, 0.15) is 12.1 Å². The van der Waals surface area contributed by atoms with E-state index in [2.05, 4.69) is 25.9 Å². The van der Waals surface area contributed by atoms with Crippen molar-refractivity contribution in [1.82, 2.24) is 25.9 Å². The van der Waals surface area contributed by atoms with E-state index in [0.717, 1.165) is 0 Å². The molecule has 3 unspecified atom stereocenters. The molecule has 35 heavy (non-hydrogen) atoms. The van der Waals surface area contributed by atoms with Crippen LogP contribution in [-0.2, 0) is 36.8 Å². The van der Waals surface area contributed by atoms with E-state index in [4.69, 9.17) is 10.8 Å². The molecule has 3 atom stereocenters. The molecule has 3 amide bonds. The lowest BCUT2D eigenvalue weighted by molar-refractivity contribution is -0.143. The van der Waals surface area contributed by atoms with Crippen molar-refractivity contribution in [3.05, 3.63) is 54.1 Å². The molecule has 0 spiro atoms. The third-order valence-corrected chi connectivity index (χ3v) is 4.95. The van der Waals surface area contributed by atoms with Gasteiger partial charge in [0.05, 0.1) is 18.9 Å². The highest BCUT2D eigenvalue weighted by atomic mass is 16.4. The standard InChI is InChI=1S/C22H28N6O7/c23-15(9-14-10-24-12-26-14)20(32)25-11-18(29)27-16(6-7-19(30)31)21(33)28-17(22(34)35)8-13-4-2-1-3-5-13/h1-5,10,12,15-17H,6-9,11,23H2,(H,24,26)(H,25,32)(H,27,29)(H,28,33)(H,30,31)(H,34,35). The molecule has 0 bridgehead atoms. The number of carboxylic acid groups (broad SMARTS) is 2. The average Bonchev–Trinajstić information content (AvgIpc) is 3.33. The van der Waals surface area contributed by atoms with Crippen LogP contribution in [0.5, 0.6) is 0 Å². The van der Waals surface area contributed by atoms with Crippen molar-refractivity contribution in [2.75, 3.05) is 6.54 Å². The Hall–Kier alpha value is -4.26. The first-order valence-electron chi connectivity index (χ1n) is 10.7. The van der Waals surface area contributed by atoms with Gasteiger partial charge < -0.3 is 36.9 Å². The molecule has 0 aliphatic heterocycles. The van der Waals surface area contributed by atoms with Gasteiger partial charge in [-0.2, -0.15) is 0 Å². The molecule has 8 N–H and O–H groups in total. The van der Waals surface area contributed by atoms with Gasteiger partial charge in [-0.3, -0.25) is 19.2 Å². The number of carboxylic acids is 2. The fraction of sp³-hybridized carbons (Fsp3) is 0.364. The fourth-order valence-corrected chi connectivity index (χ4v) is 3.13. The van der Waals surface area contributed by atoms with Gasteiger partial charge in [0.25, 0.3) is 0 Å². The van der Waals surface area contributed by atoms with Crippen molar-refractivity contribution in [1.29, 1.82) is 0 Å². The lowest BCUT2D eigenvalue weighted by Gasteiger charge is -2.21. The minimum atomic E-state index is -1.33. The lowest BCUT2D eigenvalue weighted by Crippen LogP contribution is -2.54. The average molecular weight is 489 g/mol. The summed E-state index contributed by atoms with van der Waals surface area (Å²) >= 11 is 0. The smallest absolute Gasteiger partial charge is 0.326 e. The molecule has 0 saturated carbocycles. The maximum atomic E-state index is 12.7. The summed E-state index contributed by atoms with van der Waals surface area (Å²) < 4.78 is 0. The predicted molar refractivity (Wildman–Crippen MR) is 122 cm³/mol. The van der Waals surface area contributed by atoms with Crippen molar-refractivity contribution < 1.29 is 34.2 Å². The molecular weight excluding hydrogens is 460 g/mol. The number of nitrogens with zero attached hydrogens (tertiary/aromatic N) is 1. The number of nitrogens with one attached hydrogen (secondary N) is 4. The molecule has 13 nitrogen and oxygen atoms in total. The van der Waals surface area contributed by atoms with E-state index >= 15 is 0 Å². The molecule has 0 radical (unpaired) electrons. The zero-order valence-electron chi connectivity index (χ0n) is 18.8. The second-order valence-corrected chi connectivity index (χ2v) is 7.75. The molecule has 0 fully saturated rings. The first-order valence-corrected chi connectivity index (χ1v) is 10.7. The Bertz CT molecular complexity index is 1010. The number of imidazole rings is 1. The van der Waals surface area contributed by atoms with Gasteiger partial charge >= 0.3 is 11.9 Å². The van der Waals surface area contributed by atoms with Crippen LogP contribution in [0.4, 0.5) is 0 Å². The number of nitrogens with two attached hydrogens (primary N) is 1. The van der Waals surface area contributed by atoms with Crippen molar-refractivity contribution >= 4 is 29.7 Å². The second-order valence-electron chi connectivity index (χ2n) is 7.75. The lowest BCUT2D eigenvalue weighted by atomic mass is 10.0. The van der Waals surface area contributed by atoms with Crippen LogP contribution >= 0.6 is 0 Å². The topological polar surface area (TPSA) is 217 Å². The number of hydrogen-bond acceptors (Lipinski definition) is 7. The molecule has 1 aromatic heterocycles. The number of aromatic nitrogens is 2. The normalized spacial score (nSPS) is 13.2. The van der Waals surface area contributed by atoms with Crippen LogP contribution in [0.2, 0.25) is 0 Å². The van der Waals surface area contributed by atoms with E-state index in [0.29, 0.717) is 11.3 Å². The molecule has 2 aromatic rings. The Morgan fingerprint density at radius 1 is 0.971 bits per heavy atom. The molecular formula is C22H28N6O7. The minimum absolute atomic E-state index is 0.00815. The van der Waals surface area contributed by atoms with E-state index < -0.39 is 60.8 Å². The Kier molecular flexibility index (Phi) is 10.4. The van der Waals surface area contributed by atoms with Crippen LogP contribution in [0.1, 0.15) is 24.1 Å². The number of carbonyl (C=O) groups is 5. The van der Waals surface area contributed by atoms with E-state index in [1.807, 2.05) is 0 Å². The van der Waals surface area contributed by atoms with Crippen LogP contribution < -0.4 is 21.7 Å². The fourth-order valence-electron chi connectivity index (χ4n) is 3.13. The Morgan fingerprint density at radius 2 is 1.69 bits per heavy atom. The molecule has 2 rings (SSSR count). The Balaban J connectivity index is 1.94. The largest absolute Gasteiger partial charge is 0.481 e. The van der Waals surface area contributed by atoms with Crippen LogP contribution in [0.3, 0.4) is 0 Å². The van der Waals surface area contributed by atoms with E-state index in [9.17, 15) is 29.1 Å². The summed E-state index contributed by atoms with van der Waals surface area (Å²) in [6.07, 6.45) is 2.37. The quantitative estimate of drug-likeness (QED) is 0.165. The molecule has 0 aliphatic carbocycles. The van der Waals surface area contributed by atoms with Gasteiger partial charge in [0.15, 0.2) is 0 Å². The summed E-state index contributed by atoms with van der Waals surface area (Å²) in [6.45, 7) is -0.515. The molecule has 0 saturated heterocycles. The van der Waals surface area contributed by atoms with Gasteiger partial charge in [-0.1, -0.05) is 30.3 Å². The number of amides is 3. The van der Waals surface area contributed by atoms with Crippen LogP contribution in [0.15, 0.2) is 42.9 Å². The minimum Gasteiger partial charge on any atom is -0.481 e. The number of hydrogen-bond donors (Lipinski definition) is 7. The molecule has 13 heteroatoms. The monoisotopic (exact) mass is 488 g/mol. The van der Waals surface area contributed by atoms with Gasteiger partial charge in [-0.25, -0.2) is 9.78 Å². The van der Waals surface area contributed by atoms with Gasteiger partial charge in [-0.05, 0) is 12.0 Å². The highest BCUT2D eigenvalue weighted by Gasteiger charge is 2.27. The van der Waals surface area contributed by atoms with Crippen molar-refractivity contribution in [2.45, 2.75) is 43.8 Å². The molecule has 1 heterocycles. The van der Waals surface area contributed by atoms with Crippen molar-refractivity contribution in [3.63, 3.8) is 0 Å². The van der Waals surface area contributed by atoms with Crippen LogP contribution in [-0.4, -0.2) is 74.5 Å². The third-order valence-electron chi connectivity index (χ3n) is 4.95. The zero-order chi connectivity index (χ0) is 25.8. The number of aromatic amines is 1. The number of benzene rings is 1. The SMILES string of the molecule is NC(Cc1cnc[nH]1)C(=O)NCC(=O)NC(CCC(=O)O)C(=O)NC(Cc1ccccc1)C(=O)O. The zero-order valence-corrected chi connectivity index (χ0v) is 18.8. The molecule has 0 aliphatic rings.